The zero-order chi connectivity index (χ0) is 15.6. The van der Waals surface area contributed by atoms with Crippen molar-refractivity contribution in [1.29, 1.82) is 0 Å². The number of anilines is 1. The molecule has 0 atom stereocenters. The van der Waals surface area contributed by atoms with Gasteiger partial charge in [-0.3, -0.25) is 14.2 Å². The molecule has 2 heterocycles. The van der Waals surface area contributed by atoms with E-state index in [0.717, 1.165) is 11.5 Å². The first-order chi connectivity index (χ1) is 9.81. The molecule has 0 bridgehead atoms. The molecule has 2 aromatic rings. The average Bonchev–Trinajstić information content (AvgIpc) is 2.94. The highest BCUT2D eigenvalue weighted by atomic mass is 32.2. The summed E-state index contributed by atoms with van der Waals surface area (Å²) in [7, 11) is -3.88. The molecule has 2 aromatic heterocycles. The van der Waals surface area contributed by atoms with Crippen LogP contribution in [-0.2, 0) is 21.4 Å². The van der Waals surface area contributed by atoms with Crippen LogP contribution in [0.4, 0.5) is 5.13 Å². The number of aromatic nitrogens is 5. The number of nitrogens with zero attached hydrogens (tertiary/aromatic N) is 5. The maximum Gasteiger partial charge on any atom is 0.305 e. The Bertz CT molecular complexity index is 752. The van der Waals surface area contributed by atoms with Crippen LogP contribution in [0, 0.1) is 13.8 Å². The molecule has 0 radical (unpaired) electrons. The zero-order valence-electron chi connectivity index (χ0n) is 11.1. The second-order valence-corrected chi connectivity index (χ2v) is 6.49. The highest BCUT2D eigenvalue weighted by molar-refractivity contribution is 7.93. The van der Waals surface area contributed by atoms with Crippen molar-refractivity contribution in [3.8, 4) is 0 Å². The number of aryl methyl sites for hydroxylation is 2. The van der Waals surface area contributed by atoms with Gasteiger partial charge in [0, 0.05) is 11.5 Å². The lowest BCUT2D eigenvalue weighted by molar-refractivity contribution is -0.137. The highest BCUT2D eigenvalue weighted by Crippen LogP contribution is 2.22. The minimum absolute atomic E-state index is 0.00286. The molecule has 10 nitrogen and oxygen atoms in total. The van der Waals surface area contributed by atoms with E-state index in [1.54, 1.807) is 6.92 Å². The van der Waals surface area contributed by atoms with Gasteiger partial charge in [0.1, 0.15) is 4.90 Å². The molecule has 2 N–H and O–H groups in total. The smallest absolute Gasteiger partial charge is 0.305 e. The van der Waals surface area contributed by atoms with Crippen LogP contribution in [0.15, 0.2) is 4.90 Å². The van der Waals surface area contributed by atoms with Gasteiger partial charge in [-0.1, -0.05) is 9.59 Å². The van der Waals surface area contributed by atoms with Crippen molar-refractivity contribution < 1.29 is 18.3 Å². The Balaban J connectivity index is 2.33. The molecule has 0 unspecified atom stereocenters. The molecule has 0 aliphatic carbocycles. The Labute approximate surface area is 124 Å². The fourth-order valence-corrected chi connectivity index (χ4v) is 3.83. The minimum Gasteiger partial charge on any atom is -0.481 e. The standard InChI is InChI=1S/C9H12N6O4S2/c1-5-8(6(2)15(11-5)4-3-7(16)17)21(18,19)12-9-10-13-14-20-9/h3-4H2,1-2H3,(H,16,17)(H,10,12,14). The number of aliphatic carboxylic acids is 1. The molecular weight excluding hydrogens is 320 g/mol. The van der Waals surface area contributed by atoms with E-state index in [-0.39, 0.29) is 28.7 Å². The molecule has 12 heteroatoms. The second kappa shape index (κ2) is 5.73. The third kappa shape index (κ3) is 3.33. The first-order valence-electron chi connectivity index (χ1n) is 5.75. The predicted molar refractivity (Wildman–Crippen MR) is 72.5 cm³/mol. The number of sulfonamides is 1. The molecule has 0 amide bonds. The summed E-state index contributed by atoms with van der Waals surface area (Å²) in [5.41, 5.74) is 0.640. The van der Waals surface area contributed by atoms with E-state index in [0.29, 0.717) is 5.69 Å². The lowest BCUT2D eigenvalue weighted by Gasteiger charge is -2.05. The Morgan fingerprint density at radius 2 is 2.14 bits per heavy atom. The van der Waals surface area contributed by atoms with E-state index in [4.69, 9.17) is 5.11 Å². The van der Waals surface area contributed by atoms with Gasteiger partial charge in [-0.15, -0.1) is 0 Å². The van der Waals surface area contributed by atoms with Crippen LogP contribution >= 0.6 is 11.5 Å². The molecule has 21 heavy (non-hydrogen) atoms. The molecule has 0 aliphatic rings. The summed E-state index contributed by atoms with van der Waals surface area (Å²) in [4.78, 5) is 10.6. The van der Waals surface area contributed by atoms with E-state index < -0.39 is 16.0 Å². The molecule has 0 aliphatic heterocycles. The molecule has 0 saturated carbocycles. The number of rotatable bonds is 6. The average molecular weight is 332 g/mol. The summed E-state index contributed by atoms with van der Waals surface area (Å²) in [6, 6.07) is 0. The summed E-state index contributed by atoms with van der Waals surface area (Å²) in [6.07, 6.45) is -0.144. The maximum atomic E-state index is 12.3. The van der Waals surface area contributed by atoms with Gasteiger partial charge in [-0.25, -0.2) is 8.42 Å². The summed E-state index contributed by atoms with van der Waals surface area (Å²) >= 11 is 0.810. The third-order valence-electron chi connectivity index (χ3n) is 2.64. The van der Waals surface area contributed by atoms with Crippen LogP contribution in [0.3, 0.4) is 0 Å². The maximum absolute atomic E-state index is 12.3. The SMILES string of the molecule is Cc1nn(CCC(=O)O)c(C)c1S(=O)(=O)Nc1nnns1. The number of carboxylic acid groups (broad SMARTS) is 1. The normalized spacial score (nSPS) is 11.5. The minimum atomic E-state index is -3.88. The van der Waals surface area contributed by atoms with Gasteiger partial charge in [0.2, 0.25) is 5.13 Å². The lowest BCUT2D eigenvalue weighted by atomic mass is 10.4. The highest BCUT2D eigenvalue weighted by Gasteiger charge is 2.25. The molecule has 0 fully saturated rings. The fraction of sp³-hybridized carbons (Fsp3) is 0.444. The summed E-state index contributed by atoms with van der Waals surface area (Å²) < 4.78 is 31.7. The van der Waals surface area contributed by atoms with E-state index >= 15 is 0 Å². The Hall–Kier alpha value is -2.08. The molecule has 0 spiro atoms. The summed E-state index contributed by atoms with van der Waals surface area (Å²) in [5.74, 6) is -0.981. The van der Waals surface area contributed by atoms with Crippen molar-refractivity contribution >= 4 is 32.7 Å². The molecule has 0 aromatic carbocycles. The van der Waals surface area contributed by atoms with Crippen molar-refractivity contribution in [1.82, 2.24) is 24.6 Å². The van der Waals surface area contributed by atoms with Crippen molar-refractivity contribution in [2.24, 2.45) is 0 Å². The van der Waals surface area contributed by atoms with Crippen LogP contribution < -0.4 is 4.72 Å². The Kier molecular flexibility index (Phi) is 4.18. The van der Waals surface area contributed by atoms with Crippen molar-refractivity contribution in [3.63, 3.8) is 0 Å². The molecule has 114 valence electrons. The lowest BCUT2D eigenvalue weighted by Crippen LogP contribution is -2.15. The van der Waals surface area contributed by atoms with Crippen LogP contribution in [0.5, 0.6) is 0 Å². The second-order valence-electron chi connectivity index (χ2n) is 4.14. The largest absolute Gasteiger partial charge is 0.481 e. The van der Waals surface area contributed by atoms with E-state index in [9.17, 15) is 13.2 Å². The number of hydrogen-bond acceptors (Lipinski definition) is 8. The Morgan fingerprint density at radius 1 is 1.43 bits per heavy atom. The van der Waals surface area contributed by atoms with Gasteiger partial charge in [0.05, 0.1) is 24.4 Å². The van der Waals surface area contributed by atoms with Crippen LogP contribution in [0.2, 0.25) is 0 Å². The van der Waals surface area contributed by atoms with Gasteiger partial charge in [0.15, 0.2) is 0 Å². The number of nitrogens with one attached hydrogen (secondary N) is 1. The van der Waals surface area contributed by atoms with Crippen LogP contribution in [-0.4, -0.2) is 44.1 Å². The van der Waals surface area contributed by atoms with Gasteiger partial charge in [0.25, 0.3) is 10.0 Å². The zero-order valence-corrected chi connectivity index (χ0v) is 12.8. The Morgan fingerprint density at radius 3 is 2.71 bits per heavy atom. The number of carbonyl (C=O) groups is 1. The van der Waals surface area contributed by atoms with Crippen molar-refractivity contribution in [2.75, 3.05) is 4.72 Å². The quantitative estimate of drug-likeness (QED) is 0.754. The monoisotopic (exact) mass is 332 g/mol. The van der Waals surface area contributed by atoms with E-state index in [1.807, 2.05) is 0 Å². The summed E-state index contributed by atoms with van der Waals surface area (Å²) in [5, 5.41) is 19.6. The van der Waals surface area contributed by atoms with Gasteiger partial charge in [-0.05, 0) is 19.1 Å². The van der Waals surface area contributed by atoms with Gasteiger partial charge in [-0.2, -0.15) is 5.10 Å². The van der Waals surface area contributed by atoms with Crippen molar-refractivity contribution in [2.45, 2.75) is 31.7 Å². The first-order valence-corrected chi connectivity index (χ1v) is 8.00. The molecular formula is C9H12N6O4S2. The van der Waals surface area contributed by atoms with Crippen LogP contribution in [0.25, 0.3) is 0 Å². The van der Waals surface area contributed by atoms with E-state index in [2.05, 4.69) is 24.6 Å². The molecule has 0 saturated heterocycles. The third-order valence-corrected chi connectivity index (χ3v) is 4.87. The topological polar surface area (TPSA) is 140 Å². The van der Waals surface area contributed by atoms with Gasteiger partial charge >= 0.3 is 5.97 Å². The fourth-order valence-electron chi connectivity index (χ4n) is 1.83. The predicted octanol–water partition coefficient (Wildman–Crippen LogP) is 0.0219. The number of hydrogen-bond donors (Lipinski definition) is 2. The molecule has 2 rings (SSSR count). The summed E-state index contributed by atoms with van der Waals surface area (Å²) in [6.45, 7) is 3.20. The first kappa shape index (κ1) is 15.3. The van der Waals surface area contributed by atoms with Crippen molar-refractivity contribution in [3.05, 3.63) is 11.4 Å². The van der Waals surface area contributed by atoms with Crippen LogP contribution in [0.1, 0.15) is 17.8 Å². The van der Waals surface area contributed by atoms with E-state index in [1.165, 1.54) is 11.6 Å². The number of carboxylic acids is 1. The van der Waals surface area contributed by atoms with Gasteiger partial charge < -0.3 is 5.11 Å².